The second-order valence-corrected chi connectivity index (χ2v) is 8.09. The number of hydrogen-bond donors (Lipinski definition) is 0. The molecule has 4 heteroatoms. The van der Waals surface area contributed by atoms with E-state index in [2.05, 4.69) is 18.4 Å². The van der Waals surface area contributed by atoms with Gasteiger partial charge in [0.2, 0.25) is 5.91 Å². The van der Waals surface area contributed by atoms with Gasteiger partial charge in [0.05, 0.1) is 6.54 Å². The number of hydrogen-bond acceptors (Lipinski definition) is 1. The summed E-state index contributed by atoms with van der Waals surface area (Å²) in [6.07, 6.45) is 1.98. The summed E-state index contributed by atoms with van der Waals surface area (Å²) >= 11 is 0. The number of rotatable bonds is 6. The van der Waals surface area contributed by atoms with Gasteiger partial charge in [0.1, 0.15) is 5.82 Å². The van der Waals surface area contributed by atoms with Crippen LogP contribution in [0.1, 0.15) is 45.9 Å². The minimum Gasteiger partial charge on any atom is -0.345 e. The van der Waals surface area contributed by atoms with Crippen molar-refractivity contribution >= 4 is 5.91 Å². The van der Waals surface area contributed by atoms with Crippen molar-refractivity contribution < 1.29 is 9.18 Å². The second-order valence-electron chi connectivity index (χ2n) is 8.09. The van der Waals surface area contributed by atoms with Gasteiger partial charge in [-0.3, -0.25) is 4.79 Å². The number of benzene rings is 1. The molecule has 0 atom stereocenters. The predicted molar refractivity (Wildman–Crippen MR) is 99.6 cm³/mol. The van der Waals surface area contributed by atoms with Crippen LogP contribution < -0.4 is 0 Å². The molecule has 0 aliphatic carbocycles. The molecule has 0 bridgehead atoms. The second kappa shape index (κ2) is 7.85. The third kappa shape index (κ3) is 5.45. The van der Waals surface area contributed by atoms with Crippen molar-refractivity contribution in [1.82, 2.24) is 9.47 Å². The average Bonchev–Trinajstić information content (AvgIpc) is 2.91. The third-order valence-electron chi connectivity index (χ3n) is 4.03. The molecule has 0 radical (unpaired) electrons. The van der Waals surface area contributed by atoms with Gasteiger partial charge in [-0.25, -0.2) is 4.39 Å². The lowest BCUT2D eigenvalue weighted by molar-refractivity contribution is -0.140. The smallest absolute Gasteiger partial charge is 0.228 e. The van der Waals surface area contributed by atoms with Crippen LogP contribution >= 0.6 is 0 Å². The summed E-state index contributed by atoms with van der Waals surface area (Å²) in [5, 5.41) is 0. The number of carbonyl (C=O) groups is 1. The Hall–Kier alpha value is -2.10. The largest absolute Gasteiger partial charge is 0.345 e. The third-order valence-corrected chi connectivity index (χ3v) is 4.03. The fourth-order valence-electron chi connectivity index (χ4n) is 2.91. The summed E-state index contributed by atoms with van der Waals surface area (Å²) in [5.74, 6) is 0.327. The van der Waals surface area contributed by atoms with Crippen LogP contribution in [0, 0.1) is 17.2 Å². The first-order chi connectivity index (χ1) is 11.7. The van der Waals surface area contributed by atoms with E-state index in [1.165, 1.54) is 6.07 Å². The highest BCUT2D eigenvalue weighted by Gasteiger charge is 2.28. The van der Waals surface area contributed by atoms with Gasteiger partial charge in [0.15, 0.2) is 0 Å². The van der Waals surface area contributed by atoms with Crippen LogP contribution in [0.4, 0.5) is 4.39 Å². The van der Waals surface area contributed by atoms with Crippen LogP contribution in [0.5, 0.6) is 0 Å². The zero-order valence-corrected chi connectivity index (χ0v) is 15.9. The van der Waals surface area contributed by atoms with E-state index in [4.69, 9.17) is 0 Å². The van der Waals surface area contributed by atoms with Crippen LogP contribution in [-0.4, -0.2) is 21.9 Å². The van der Waals surface area contributed by atoms with Gasteiger partial charge >= 0.3 is 0 Å². The SMILES string of the molecule is CC(C)CN(Cc1cccn1Cc1cccc(F)c1)C(=O)C(C)(C)C. The van der Waals surface area contributed by atoms with Crippen molar-refractivity contribution in [2.45, 2.75) is 47.7 Å². The van der Waals surface area contributed by atoms with Gasteiger partial charge in [-0.1, -0.05) is 46.8 Å². The molecule has 0 aliphatic rings. The maximum Gasteiger partial charge on any atom is 0.228 e. The normalized spacial score (nSPS) is 11.8. The number of amides is 1. The minimum absolute atomic E-state index is 0.153. The Kier molecular flexibility index (Phi) is 6.04. The molecule has 0 fully saturated rings. The standard InChI is InChI=1S/C21H29FN2O/c1-16(2)13-24(20(25)21(3,4)5)15-19-10-7-11-23(19)14-17-8-6-9-18(22)12-17/h6-12,16H,13-15H2,1-5H3. The molecule has 25 heavy (non-hydrogen) atoms. The number of nitrogens with zero attached hydrogens (tertiary/aromatic N) is 2. The van der Waals surface area contributed by atoms with Crippen LogP contribution in [0.2, 0.25) is 0 Å². The van der Waals surface area contributed by atoms with Gasteiger partial charge in [0.25, 0.3) is 0 Å². The molecule has 0 aliphatic heterocycles. The van der Waals surface area contributed by atoms with Crippen LogP contribution in [0.15, 0.2) is 42.6 Å². The van der Waals surface area contributed by atoms with Crippen molar-refractivity contribution in [3.05, 3.63) is 59.7 Å². The summed E-state index contributed by atoms with van der Waals surface area (Å²) < 4.78 is 15.5. The fraction of sp³-hybridized carbons (Fsp3) is 0.476. The van der Waals surface area contributed by atoms with Crippen molar-refractivity contribution in [3.8, 4) is 0 Å². The molecule has 0 N–H and O–H groups in total. The van der Waals surface area contributed by atoms with Gasteiger partial charge in [-0.15, -0.1) is 0 Å². The Labute approximate surface area is 150 Å². The molecule has 0 saturated heterocycles. The number of aromatic nitrogens is 1. The van der Waals surface area contributed by atoms with E-state index in [-0.39, 0.29) is 11.7 Å². The van der Waals surface area contributed by atoms with Crippen molar-refractivity contribution in [2.75, 3.05) is 6.54 Å². The van der Waals surface area contributed by atoms with E-state index in [1.807, 2.05) is 50.1 Å². The van der Waals surface area contributed by atoms with E-state index in [0.29, 0.717) is 19.0 Å². The lowest BCUT2D eigenvalue weighted by atomic mass is 9.94. The average molecular weight is 344 g/mol. The van der Waals surface area contributed by atoms with E-state index in [0.717, 1.165) is 17.8 Å². The molecule has 0 unspecified atom stereocenters. The Morgan fingerprint density at radius 3 is 2.52 bits per heavy atom. The highest BCUT2D eigenvalue weighted by Crippen LogP contribution is 2.21. The molecular weight excluding hydrogens is 315 g/mol. The molecule has 3 nitrogen and oxygen atoms in total. The molecule has 1 heterocycles. The maximum absolute atomic E-state index is 13.4. The highest BCUT2D eigenvalue weighted by atomic mass is 19.1. The maximum atomic E-state index is 13.4. The van der Waals surface area contributed by atoms with Crippen LogP contribution in [0.25, 0.3) is 0 Å². The number of halogens is 1. The first kappa shape index (κ1) is 19.2. The molecule has 2 rings (SSSR count). The number of carbonyl (C=O) groups excluding carboxylic acids is 1. The summed E-state index contributed by atoms with van der Waals surface area (Å²) in [6, 6.07) is 10.6. The van der Waals surface area contributed by atoms with Crippen LogP contribution in [-0.2, 0) is 17.9 Å². The summed E-state index contributed by atoms with van der Waals surface area (Å²) in [5.41, 5.74) is 1.56. The van der Waals surface area contributed by atoms with E-state index in [9.17, 15) is 9.18 Å². The zero-order chi connectivity index (χ0) is 18.6. The Bertz CT molecular complexity index is 713. The van der Waals surface area contributed by atoms with E-state index < -0.39 is 5.41 Å². The van der Waals surface area contributed by atoms with Gasteiger partial charge in [-0.2, -0.15) is 0 Å². The van der Waals surface area contributed by atoms with E-state index in [1.54, 1.807) is 12.1 Å². The lowest BCUT2D eigenvalue weighted by Crippen LogP contribution is -2.41. The van der Waals surface area contributed by atoms with Crippen LogP contribution in [0.3, 0.4) is 0 Å². The zero-order valence-electron chi connectivity index (χ0n) is 15.9. The van der Waals surface area contributed by atoms with Gasteiger partial charge in [-0.05, 0) is 35.7 Å². The van der Waals surface area contributed by atoms with Crippen molar-refractivity contribution in [3.63, 3.8) is 0 Å². The molecule has 1 amide bonds. The topological polar surface area (TPSA) is 25.2 Å². The summed E-state index contributed by atoms with van der Waals surface area (Å²) in [4.78, 5) is 14.7. The highest BCUT2D eigenvalue weighted by molar-refractivity contribution is 5.81. The Balaban J connectivity index is 2.20. The Morgan fingerprint density at radius 1 is 1.20 bits per heavy atom. The monoisotopic (exact) mass is 344 g/mol. The molecular formula is C21H29FN2O. The van der Waals surface area contributed by atoms with Crippen molar-refractivity contribution in [1.29, 1.82) is 0 Å². The van der Waals surface area contributed by atoms with Gasteiger partial charge < -0.3 is 9.47 Å². The van der Waals surface area contributed by atoms with Gasteiger partial charge in [0, 0.05) is 30.4 Å². The van der Waals surface area contributed by atoms with E-state index >= 15 is 0 Å². The summed E-state index contributed by atoms with van der Waals surface area (Å²) in [7, 11) is 0. The first-order valence-electron chi connectivity index (χ1n) is 8.84. The summed E-state index contributed by atoms with van der Waals surface area (Å²) in [6.45, 7) is 12.0. The molecule has 0 spiro atoms. The minimum atomic E-state index is -0.408. The van der Waals surface area contributed by atoms with Crippen molar-refractivity contribution in [2.24, 2.45) is 11.3 Å². The fourth-order valence-corrected chi connectivity index (χ4v) is 2.91. The quantitative estimate of drug-likeness (QED) is 0.745. The predicted octanol–water partition coefficient (Wildman–Crippen LogP) is 4.71. The lowest BCUT2D eigenvalue weighted by Gasteiger charge is -2.31. The molecule has 2 aromatic rings. The first-order valence-corrected chi connectivity index (χ1v) is 8.84. The molecule has 1 aromatic carbocycles. The molecule has 136 valence electrons. The Morgan fingerprint density at radius 2 is 1.92 bits per heavy atom. The molecule has 1 aromatic heterocycles. The molecule has 0 saturated carbocycles.